The summed E-state index contributed by atoms with van der Waals surface area (Å²) in [6, 6.07) is 2.80. The van der Waals surface area contributed by atoms with E-state index >= 15 is 0 Å². The monoisotopic (exact) mass is 318 g/mol. The summed E-state index contributed by atoms with van der Waals surface area (Å²) in [5, 5.41) is -0.119. The van der Waals surface area contributed by atoms with Gasteiger partial charge in [-0.3, -0.25) is 5.84 Å². The smallest absolute Gasteiger partial charge is 0.263 e. The van der Waals surface area contributed by atoms with Crippen molar-refractivity contribution in [2.45, 2.75) is 18.0 Å². The Morgan fingerprint density at radius 3 is 2.71 bits per heavy atom. The highest BCUT2D eigenvalue weighted by atomic mass is 32.2. The number of nitrogens with two attached hydrogens (primary N) is 1. The Kier molecular flexibility index (Phi) is 6.99. The van der Waals surface area contributed by atoms with E-state index in [4.69, 9.17) is 15.3 Å². The van der Waals surface area contributed by atoms with Crippen molar-refractivity contribution in [2.75, 3.05) is 39.4 Å². The SMILES string of the molecule is COCCN(C(C)COC)S(=O)(=O)c1ncccc1NN. The van der Waals surface area contributed by atoms with Gasteiger partial charge < -0.3 is 14.9 Å². The molecule has 1 unspecified atom stereocenters. The average molecular weight is 318 g/mol. The van der Waals surface area contributed by atoms with E-state index in [0.29, 0.717) is 0 Å². The van der Waals surface area contributed by atoms with Gasteiger partial charge in [-0.2, -0.15) is 4.31 Å². The Labute approximate surface area is 125 Å². The molecule has 1 rings (SSSR count). The fourth-order valence-corrected chi connectivity index (χ4v) is 3.57. The Morgan fingerprint density at radius 2 is 2.14 bits per heavy atom. The van der Waals surface area contributed by atoms with Gasteiger partial charge >= 0.3 is 0 Å². The molecule has 0 saturated carbocycles. The maximum atomic E-state index is 12.8. The second-order valence-corrected chi connectivity index (χ2v) is 6.22. The molecule has 120 valence electrons. The summed E-state index contributed by atoms with van der Waals surface area (Å²) in [7, 11) is -0.785. The molecule has 1 aromatic rings. The zero-order chi connectivity index (χ0) is 15.9. The minimum Gasteiger partial charge on any atom is -0.383 e. The van der Waals surface area contributed by atoms with Gasteiger partial charge in [-0.05, 0) is 19.1 Å². The van der Waals surface area contributed by atoms with Crippen LogP contribution in [0.2, 0.25) is 0 Å². The average Bonchev–Trinajstić information content (AvgIpc) is 2.47. The Morgan fingerprint density at radius 1 is 1.43 bits per heavy atom. The Bertz CT molecular complexity index is 538. The molecule has 0 bridgehead atoms. The van der Waals surface area contributed by atoms with Crippen molar-refractivity contribution >= 4 is 15.7 Å². The van der Waals surface area contributed by atoms with Gasteiger partial charge in [0, 0.05) is 33.0 Å². The molecule has 0 aliphatic heterocycles. The van der Waals surface area contributed by atoms with Gasteiger partial charge in [0.1, 0.15) is 0 Å². The van der Waals surface area contributed by atoms with Gasteiger partial charge in [0.25, 0.3) is 10.0 Å². The van der Waals surface area contributed by atoms with Gasteiger partial charge in [0.2, 0.25) is 0 Å². The van der Waals surface area contributed by atoms with E-state index in [1.54, 1.807) is 19.1 Å². The van der Waals surface area contributed by atoms with Gasteiger partial charge in [-0.15, -0.1) is 0 Å². The van der Waals surface area contributed by atoms with Crippen molar-refractivity contribution in [3.8, 4) is 0 Å². The number of hydrazine groups is 1. The van der Waals surface area contributed by atoms with Crippen LogP contribution in [0, 0.1) is 0 Å². The first-order chi connectivity index (χ1) is 9.98. The van der Waals surface area contributed by atoms with Crippen molar-refractivity contribution in [1.82, 2.24) is 9.29 Å². The quantitative estimate of drug-likeness (QED) is 0.489. The lowest BCUT2D eigenvalue weighted by molar-refractivity contribution is 0.119. The molecule has 3 N–H and O–H groups in total. The van der Waals surface area contributed by atoms with Crippen LogP contribution in [0.25, 0.3) is 0 Å². The maximum absolute atomic E-state index is 12.8. The minimum atomic E-state index is -3.82. The van der Waals surface area contributed by atoms with Crippen molar-refractivity contribution in [3.05, 3.63) is 18.3 Å². The predicted octanol–water partition coefficient (Wildman–Crippen LogP) is 0.0392. The molecular formula is C12H22N4O4S. The fourth-order valence-electron chi connectivity index (χ4n) is 1.90. The minimum absolute atomic E-state index is 0.119. The molecule has 1 atom stereocenters. The number of sulfonamides is 1. The van der Waals surface area contributed by atoms with Crippen molar-refractivity contribution in [2.24, 2.45) is 5.84 Å². The number of methoxy groups -OCH3 is 2. The van der Waals surface area contributed by atoms with Crippen LogP contribution in [-0.4, -0.2) is 57.7 Å². The van der Waals surface area contributed by atoms with Crippen LogP contribution in [-0.2, 0) is 19.5 Å². The lowest BCUT2D eigenvalue weighted by atomic mass is 10.3. The van der Waals surface area contributed by atoms with Gasteiger partial charge in [-0.1, -0.05) is 0 Å². The summed E-state index contributed by atoms with van der Waals surface area (Å²) >= 11 is 0. The van der Waals surface area contributed by atoms with Crippen LogP contribution in [0.15, 0.2) is 23.4 Å². The van der Waals surface area contributed by atoms with Crippen LogP contribution in [0.5, 0.6) is 0 Å². The molecular weight excluding hydrogens is 296 g/mol. The van der Waals surface area contributed by atoms with E-state index in [1.807, 2.05) is 0 Å². The van der Waals surface area contributed by atoms with Crippen LogP contribution in [0.3, 0.4) is 0 Å². The second-order valence-electron chi connectivity index (χ2n) is 4.41. The third kappa shape index (κ3) is 4.35. The van der Waals surface area contributed by atoms with Gasteiger partial charge in [0.05, 0.1) is 18.9 Å². The van der Waals surface area contributed by atoms with E-state index in [9.17, 15) is 8.42 Å². The second kappa shape index (κ2) is 8.25. The molecule has 0 spiro atoms. The third-order valence-electron chi connectivity index (χ3n) is 2.90. The molecule has 8 nitrogen and oxygen atoms in total. The summed E-state index contributed by atoms with van der Waals surface area (Å²) in [6.07, 6.45) is 1.41. The molecule has 1 heterocycles. The number of hydrogen-bond donors (Lipinski definition) is 2. The van der Waals surface area contributed by atoms with Crippen molar-refractivity contribution in [3.63, 3.8) is 0 Å². The molecule has 9 heteroatoms. The lowest BCUT2D eigenvalue weighted by Crippen LogP contribution is -2.43. The summed E-state index contributed by atoms with van der Waals surface area (Å²) in [4.78, 5) is 3.94. The number of pyridine rings is 1. The highest BCUT2D eigenvalue weighted by molar-refractivity contribution is 7.89. The fraction of sp³-hybridized carbons (Fsp3) is 0.583. The summed E-state index contributed by atoms with van der Waals surface area (Å²) in [5.41, 5.74) is 2.59. The van der Waals surface area contributed by atoms with Crippen LogP contribution in [0.4, 0.5) is 5.69 Å². The molecule has 0 amide bonds. The first-order valence-electron chi connectivity index (χ1n) is 6.40. The Balaban J connectivity index is 3.19. The number of hydrogen-bond acceptors (Lipinski definition) is 7. The molecule has 21 heavy (non-hydrogen) atoms. The number of ether oxygens (including phenoxy) is 2. The summed E-state index contributed by atoms with van der Waals surface area (Å²) in [6.45, 7) is 2.49. The van der Waals surface area contributed by atoms with Crippen molar-refractivity contribution < 1.29 is 17.9 Å². The molecule has 0 fully saturated rings. The standard InChI is InChI=1S/C12H22N4O4S/c1-10(9-20-3)16(7-8-19-2)21(17,18)12-11(15-13)5-4-6-14-12/h4-6,10,15H,7-9,13H2,1-3H3. The predicted molar refractivity (Wildman–Crippen MR) is 79.2 cm³/mol. The first kappa shape index (κ1) is 17.8. The Hall–Kier alpha value is -1.26. The normalized spacial score (nSPS) is 13.4. The first-order valence-corrected chi connectivity index (χ1v) is 7.84. The molecule has 0 saturated heterocycles. The summed E-state index contributed by atoms with van der Waals surface area (Å²) in [5.74, 6) is 5.36. The number of nitrogen functional groups attached to an aromatic ring is 1. The lowest BCUT2D eigenvalue weighted by Gasteiger charge is -2.27. The molecule has 0 radical (unpaired) electrons. The molecule has 0 aliphatic carbocycles. The van der Waals surface area contributed by atoms with Crippen LogP contribution < -0.4 is 11.3 Å². The van der Waals surface area contributed by atoms with E-state index in [-0.39, 0.29) is 36.5 Å². The molecule has 0 aromatic carbocycles. The van der Waals surface area contributed by atoms with E-state index in [2.05, 4.69) is 10.4 Å². The van der Waals surface area contributed by atoms with Crippen LogP contribution in [0.1, 0.15) is 6.92 Å². The summed E-state index contributed by atoms with van der Waals surface area (Å²) < 4.78 is 36.9. The van der Waals surface area contributed by atoms with E-state index in [0.717, 1.165) is 0 Å². The topological polar surface area (TPSA) is 107 Å². The zero-order valence-electron chi connectivity index (χ0n) is 12.4. The highest BCUT2D eigenvalue weighted by Gasteiger charge is 2.31. The van der Waals surface area contributed by atoms with E-state index in [1.165, 1.54) is 24.7 Å². The van der Waals surface area contributed by atoms with Gasteiger partial charge in [-0.25, -0.2) is 13.4 Å². The number of anilines is 1. The largest absolute Gasteiger partial charge is 0.383 e. The zero-order valence-corrected chi connectivity index (χ0v) is 13.3. The molecule has 0 aliphatic rings. The van der Waals surface area contributed by atoms with Gasteiger partial charge in [0.15, 0.2) is 5.03 Å². The van der Waals surface area contributed by atoms with Crippen LogP contribution >= 0.6 is 0 Å². The van der Waals surface area contributed by atoms with E-state index < -0.39 is 10.0 Å². The number of aromatic nitrogens is 1. The number of rotatable bonds is 9. The van der Waals surface area contributed by atoms with Crippen molar-refractivity contribution in [1.29, 1.82) is 0 Å². The highest BCUT2D eigenvalue weighted by Crippen LogP contribution is 2.22. The number of nitrogens with one attached hydrogen (secondary N) is 1. The number of nitrogens with zero attached hydrogens (tertiary/aromatic N) is 2. The maximum Gasteiger partial charge on any atom is 0.263 e. The third-order valence-corrected chi connectivity index (χ3v) is 4.87. The molecule has 1 aromatic heterocycles.